The second-order valence-electron chi connectivity index (χ2n) is 5.79. The van der Waals surface area contributed by atoms with Crippen LogP contribution in [-0.2, 0) is 4.79 Å². The largest absolute Gasteiger partial charge is 0.342 e. The van der Waals surface area contributed by atoms with E-state index in [1.165, 1.54) is 0 Å². The van der Waals surface area contributed by atoms with Crippen LogP contribution in [0.3, 0.4) is 0 Å². The average molecular weight is 328 g/mol. The van der Waals surface area contributed by atoms with Gasteiger partial charge in [0, 0.05) is 31.8 Å². The molecular weight excluding hydrogens is 312 g/mol. The Morgan fingerprint density at radius 2 is 2.39 bits per heavy atom. The molecule has 1 atom stereocenters. The van der Waals surface area contributed by atoms with E-state index in [1.807, 2.05) is 22.4 Å². The molecule has 3 aromatic heterocycles. The van der Waals surface area contributed by atoms with Gasteiger partial charge in [0.05, 0.1) is 16.1 Å². The molecule has 4 heterocycles. The van der Waals surface area contributed by atoms with Gasteiger partial charge >= 0.3 is 0 Å². The summed E-state index contributed by atoms with van der Waals surface area (Å²) in [4.78, 5) is 22.3. The Labute approximate surface area is 137 Å². The van der Waals surface area contributed by atoms with E-state index >= 15 is 0 Å². The number of aromatic nitrogens is 3. The second-order valence-corrected chi connectivity index (χ2v) is 6.74. The van der Waals surface area contributed by atoms with E-state index in [0.29, 0.717) is 18.3 Å². The van der Waals surface area contributed by atoms with Crippen molar-refractivity contribution in [3.8, 4) is 11.4 Å². The number of piperidine rings is 1. The highest BCUT2D eigenvalue weighted by Gasteiger charge is 2.27. The van der Waals surface area contributed by atoms with Crippen LogP contribution in [0.5, 0.6) is 0 Å². The minimum Gasteiger partial charge on any atom is -0.342 e. The smallest absolute Gasteiger partial charge is 0.231 e. The molecule has 23 heavy (non-hydrogen) atoms. The van der Waals surface area contributed by atoms with E-state index in [-0.39, 0.29) is 11.8 Å². The molecule has 1 fully saturated rings. The number of carbonyl (C=O) groups excluding carboxylic acids is 1. The van der Waals surface area contributed by atoms with Crippen molar-refractivity contribution in [3.63, 3.8) is 0 Å². The van der Waals surface area contributed by atoms with E-state index < -0.39 is 0 Å². The van der Waals surface area contributed by atoms with Crippen LogP contribution < -0.4 is 0 Å². The molecule has 0 N–H and O–H groups in total. The lowest BCUT2D eigenvalue weighted by molar-refractivity contribution is -0.130. The third-order valence-corrected chi connectivity index (χ3v) is 5.07. The van der Waals surface area contributed by atoms with Gasteiger partial charge in [0.15, 0.2) is 0 Å². The number of fused-ring (bicyclic) bond motifs is 1. The molecule has 6 nitrogen and oxygen atoms in total. The number of likely N-dealkylation sites (tertiary alicyclic amines) is 1. The summed E-state index contributed by atoms with van der Waals surface area (Å²) in [6.07, 6.45) is 3.70. The maximum absolute atomic E-state index is 11.6. The van der Waals surface area contributed by atoms with Crippen LogP contribution in [0, 0.1) is 0 Å². The first-order valence-electron chi connectivity index (χ1n) is 7.63. The third-order valence-electron chi connectivity index (χ3n) is 4.22. The summed E-state index contributed by atoms with van der Waals surface area (Å²) in [5.41, 5.74) is 1.83. The predicted octanol–water partition coefficient (Wildman–Crippen LogP) is 3.07. The minimum atomic E-state index is 0.0989. The molecule has 0 spiro atoms. The van der Waals surface area contributed by atoms with Crippen molar-refractivity contribution in [1.82, 2.24) is 20.0 Å². The van der Waals surface area contributed by atoms with Gasteiger partial charge in [-0.05, 0) is 30.4 Å². The van der Waals surface area contributed by atoms with E-state index in [9.17, 15) is 4.79 Å². The zero-order chi connectivity index (χ0) is 15.8. The molecule has 1 aliphatic heterocycles. The standard InChI is InChI=1S/C16H16N4O2S/c1-10(21)20-5-2-3-11(9-20)16-18-15(19-22-16)12-7-14-13(17-8-12)4-6-23-14/h4,6-8,11H,2-3,5,9H2,1H3. The van der Waals surface area contributed by atoms with Gasteiger partial charge < -0.3 is 9.42 Å². The highest BCUT2D eigenvalue weighted by Crippen LogP contribution is 2.29. The summed E-state index contributed by atoms with van der Waals surface area (Å²) < 4.78 is 6.56. The van der Waals surface area contributed by atoms with Gasteiger partial charge in [-0.15, -0.1) is 11.3 Å². The SMILES string of the molecule is CC(=O)N1CCCC(c2nc(-c3cnc4ccsc4c3)no2)C1. The van der Waals surface area contributed by atoms with Crippen LogP contribution >= 0.6 is 11.3 Å². The molecule has 0 aromatic carbocycles. The first-order valence-corrected chi connectivity index (χ1v) is 8.51. The number of hydrogen-bond donors (Lipinski definition) is 0. The van der Waals surface area contributed by atoms with Gasteiger partial charge in [-0.2, -0.15) is 4.98 Å². The van der Waals surface area contributed by atoms with Gasteiger partial charge in [0.25, 0.3) is 0 Å². The number of amides is 1. The molecular formula is C16H16N4O2S. The number of thiophene rings is 1. The summed E-state index contributed by atoms with van der Waals surface area (Å²) in [6, 6.07) is 4.02. The number of rotatable bonds is 2. The quantitative estimate of drug-likeness (QED) is 0.723. The molecule has 1 amide bonds. The number of carbonyl (C=O) groups is 1. The van der Waals surface area contributed by atoms with Crippen molar-refractivity contribution in [2.24, 2.45) is 0 Å². The maximum Gasteiger partial charge on any atom is 0.231 e. The lowest BCUT2D eigenvalue weighted by Gasteiger charge is -2.29. The van der Waals surface area contributed by atoms with Gasteiger partial charge in [-0.3, -0.25) is 9.78 Å². The van der Waals surface area contributed by atoms with E-state index in [0.717, 1.165) is 35.2 Å². The first kappa shape index (κ1) is 14.3. The number of hydrogen-bond acceptors (Lipinski definition) is 6. The summed E-state index contributed by atoms with van der Waals surface area (Å²) >= 11 is 1.64. The highest BCUT2D eigenvalue weighted by molar-refractivity contribution is 7.17. The number of nitrogens with zero attached hydrogens (tertiary/aromatic N) is 4. The third kappa shape index (κ3) is 2.72. The molecule has 1 aliphatic rings. The van der Waals surface area contributed by atoms with E-state index in [1.54, 1.807) is 24.5 Å². The fraction of sp³-hybridized carbons (Fsp3) is 0.375. The fourth-order valence-electron chi connectivity index (χ4n) is 2.95. The maximum atomic E-state index is 11.6. The highest BCUT2D eigenvalue weighted by atomic mass is 32.1. The zero-order valence-corrected chi connectivity index (χ0v) is 13.5. The van der Waals surface area contributed by atoms with E-state index in [4.69, 9.17) is 4.52 Å². The molecule has 0 radical (unpaired) electrons. The average Bonchev–Trinajstić information content (AvgIpc) is 3.23. The topological polar surface area (TPSA) is 72.1 Å². The minimum absolute atomic E-state index is 0.0989. The van der Waals surface area contributed by atoms with Gasteiger partial charge in [-0.1, -0.05) is 5.16 Å². The molecule has 0 bridgehead atoms. The van der Waals surface area contributed by atoms with E-state index in [2.05, 4.69) is 15.1 Å². The van der Waals surface area contributed by atoms with Crippen LogP contribution in [-0.4, -0.2) is 39.0 Å². The molecule has 118 valence electrons. The van der Waals surface area contributed by atoms with Gasteiger partial charge in [-0.25, -0.2) is 0 Å². The van der Waals surface area contributed by atoms with Crippen LogP contribution in [0.2, 0.25) is 0 Å². The lowest BCUT2D eigenvalue weighted by Crippen LogP contribution is -2.37. The summed E-state index contributed by atoms with van der Waals surface area (Å²) in [5, 5.41) is 6.11. The first-order chi connectivity index (χ1) is 11.2. The summed E-state index contributed by atoms with van der Waals surface area (Å²) in [7, 11) is 0. The van der Waals surface area contributed by atoms with Crippen molar-refractivity contribution < 1.29 is 9.32 Å². The summed E-state index contributed by atoms with van der Waals surface area (Å²) in [5.74, 6) is 1.38. The van der Waals surface area contributed by atoms with Crippen molar-refractivity contribution in [2.75, 3.05) is 13.1 Å². The van der Waals surface area contributed by atoms with Crippen LogP contribution in [0.4, 0.5) is 0 Å². The van der Waals surface area contributed by atoms with Crippen molar-refractivity contribution in [3.05, 3.63) is 29.6 Å². The molecule has 3 aromatic rings. The van der Waals surface area contributed by atoms with Gasteiger partial charge in [0.2, 0.25) is 17.6 Å². The molecule has 7 heteroatoms. The normalized spacial score (nSPS) is 18.5. The van der Waals surface area contributed by atoms with Crippen LogP contribution in [0.1, 0.15) is 31.6 Å². The second kappa shape index (κ2) is 5.73. The Bertz CT molecular complexity index is 857. The molecule has 1 unspecified atom stereocenters. The van der Waals surface area contributed by atoms with Crippen molar-refractivity contribution in [1.29, 1.82) is 0 Å². The Hall–Kier alpha value is -2.28. The summed E-state index contributed by atoms with van der Waals surface area (Å²) in [6.45, 7) is 3.06. The Balaban J connectivity index is 1.59. The zero-order valence-electron chi connectivity index (χ0n) is 12.7. The molecule has 1 saturated heterocycles. The Kier molecular flexibility index (Phi) is 3.57. The van der Waals surface area contributed by atoms with Crippen molar-refractivity contribution >= 4 is 27.5 Å². The van der Waals surface area contributed by atoms with Gasteiger partial charge in [0.1, 0.15) is 0 Å². The Morgan fingerprint density at radius 3 is 3.26 bits per heavy atom. The van der Waals surface area contributed by atoms with Crippen LogP contribution in [0.25, 0.3) is 21.6 Å². The number of pyridine rings is 1. The van der Waals surface area contributed by atoms with Crippen molar-refractivity contribution in [2.45, 2.75) is 25.7 Å². The monoisotopic (exact) mass is 328 g/mol. The molecule has 0 aliphatic carbocycles. The lowest BCUT2D eigenvalue weighted by atomic mass is 9.98. The molecule has 0 saturated carbocycles. The Morgan fingerprint density at radius 1 is 1.48 bits per heavy atom. The fourth-order valence-corrected chi connectivity index (χ4v) is 3.73. The predicted molar refractivity (Wildman–Crippen MR) is 87.1 cm³/mol. The molecule has 4 rings (SSSR count). The van der Waals surface area contributed by atoms with Crippen LogP contribution in [0.15, 0.2) is 28.2 Å².